The summed E-state index contributed by atoms with van der Waals surface area (Å²) >= 11 is 0. The fourth-order valence-electron chi connectivity index (χ4n) is 3.39. The van der Waals surface area contributed by atoms with Gasteiger partial charge < -0.3 is 9.84 Å². The second-order valence-electron chi connectivity index (χ2n) is 6.75. The molecule has 0 bridgehead atoms. The van der Waals surface area contributed by atoms with Crippen LogP contribution in [-0.4, -0.2) is 74.3 Å². The lowest BCUT2D eigenvalue weighted by Gasteiger charge is -2.41. The van der Waals surface area contributed by atoms with Crippen molar-refractivity contribution in [2.75, 3.05) is 45.9 Å². The number of sulfonamides is 1. The van der Waals surface area contributed by atoms with Gasteiger partial charge in [-0.1, -0.05) is 30.3 Å². The Bertz CT molecular complexity index is 621. The molecule has 2 fully saturated rings. The molecular weight excluding hydrogens is 328 g/mol. The summed E-state index contributed by atoms with van der Waals surface area (Å²) in [5.74, 6) is 0.0235. The van der Waals surface area contributed by atoms with E-state index < -0.39 is 15.6 Å². The van der Waals surface area contributed by atoms with Gasteiger partial charge in [0.15, 0.2) is 0 Å². The summed E-state index contributed by atoms with van der Waals surface area (Å²) in [6.07, 6.45) is 0.969. The minimum Gasteiger partial charge on any atom is -0.388 e. The van der Waals surface area contributed by atoms with Crippen molar-refractivity contribution in [2.24, 2.45) is 0 Å². The predicted octanol–water partition coefficient (Wildman–Crippen LogP) is 0.675. The van der Waals surface area contributed by atoms with Crippen molar-refractivity contribution in [3.8, 4) is 0 Å². The molecule has 2 aliphatic rings. The largest absolute Gasteiger partial charge is 0.388 e. The van der Waals surface area contributed by atoms with Crippen molar-refractivity contribution in [1.29, 1.82) is 0 Å². The second kappa shape index (κ2) is 7.49. The number of ether oxygens (including phenoxy) is 1. The van der Waals surface area contributed by atoms with Crippen LogP contribution in [0.25, 0.3) is 0 Å². The van der Waals surface area contributed by atoms with Crippen molar-refractivity contribution in [1.82, 2.24) is 9.21 Å². The topological polar surface area (TPSA) is 70.1 Å². The van der Waals surface area contributed by atoms with Gasteiger partial charge in [0, 0.05) is 32.7 Å². The molecule has 7 heteroatoms. The van der Waals surface area contributed by atoms with Crippen molar-refractivity contribution >= 4 is 10.0 Å². The van der Waals surface area contributed by atoms with Crippen molar-refractivity contribution < 1.29 is 18.3 Å². The van der Waals surface area contributed by atoms with Crippen LogP contribution < -0.4 is 0 Å². The van der Waals surface area contributed by atoms with E-state index in [-0.39, 0.29) is 5.75 Å². The van der Waals surface area contributed by atoms with Gasteiger partial charge in [0.1, 0.15) is 0 Å². The lowest BCUT2D eigenvalue weighted by Crippen LogP contribution is -2.53. The zero-order valence-electron chi connectivity index (χ0n) is 13.9. The van der Waals surface area contributed by atoms with Crippen LogP contribution in [0.4, 0.5) is 0 Å². The summed E-state index contributed by atoms with van der Waals surface area (Å²) < 4.78 is 32.0. The molecule has 0 radical (unpaired) electrons. The zero-order chi connectivity index (χ0) is 17.0. The fraction of sp³-hybridized carbons (Fsp3) is 0.647. The first-order valence-corrected chi connectivity index (χ1v) is 10.1. The highest BCUT2D eigenvalue weighted by Crippen LogP contribution is 2.26. The van der Waals surface area contributed by atoms with Gasteiger partial charge in [-0.2, -0.15) is 0 Å². The standard InChI is InChI=1S/C17H26N2O4S/c20-17(15-18-10-12-23-13-11-18)6-8-19(9-7-17)24(21,22)14-16-4-2-1-3-5-16/h1-5,20H,6-15H2. The van der Waals surface area contributed by atoms with Crippen molar-refractivity contribution in [3.63, 3.8) is 0 Å². The van der Waals surface area contributed by atoms with Crippen LogP contribution in [0.5, 0.6) is 0 Å². The fourth-order valence-corrected chi connectivity index (χ4v) is 4.93. The van der Waals surface area contributed by atoms with Crippen LogP contribution in [0.1, 0.15) is 18.4 Å². The Hall–Kier alpha value is -0.990. The summed E-state index contributed by atoms with van der Waals surface area (Å²) in [7, 11) is -3.33. The minimum atomic E-state index is -3.33. The smallest absolute Gasteiger partial charge is 0.218 e. The first-order chi connectivity index (χ1) is 11.5. The molecule has 2 saturated heterocycles. The Balaban J connectivity index is 1.55. The van der Waals surface area contributed by atoms with E-state index in [0.717, 1.165) is 18.7 Å². The highest BCUT2D eigenvalue weighted by atomic mass is 32.2. The molecule has 134 valence electrons. The van der Waals surface area contributed by atoms with Gasteiger partial charge in [-0.3, -0.25) is 4.90 Å². The number of hydrogen-bond acceptors (Lipinski definition) is 5. The van der Waals surface area contributed by atoms with Gasteiger partial charge in [-0.15, -0.1) is 0 Å². The van der Waals surface area contributed by atoms with E-state index >= 15 is 0 Å². The van der Waals surface area contributed by atoms with E-state index in [2.05, 4.69) is 4.90 Å². The Morgan fingerprint density at radius 3 is 2.29 bits per heavy atom. The number of β-amino-alcohol motifs (C(OH)–C–C–N with tert-alkyl or cyclic N) is 1. The maximum atomic E-state index is 12.6. The maximum Gasteiger partial charge on any atom is 0.218 e. The molecule has 24 heavy (non-hydrogen) atoms. The molecule has 1 aromatic rings. The van der Waals surface area contributed by atoms with Crippen molar-refractivity contribution in [2.45, 2.75) is 24.2 Å². The number of piperidine rings is 1. The molecule has 1 aromatic carbocycles. The molecule has 0 amide bonds. The lowest BCUT2D eigenvalue weighted by atomic mass is 9.92. The van der Waals surface area contributed by atoms with E-state index in [1.807, 2.05) is 30.3 Å². The normalized spacial score (nSPS) is 23.2. The molecule has 0 aliphatic carbocycles. The molecule has 3 rings (SSSR count). The molecule has 0 aromatic heterocycles. The molecule has 2 heterocycles. The maximum absolute atomic E-state index is 12.6. The van der Waals surface area contributed by atoms with Gasteiger partial charge in [0.2, 0.25) is 10.0 Å². The Morgan fingerprint density at radius 1 is 1.04 bits per heavy atom. The van der Waals surface area contributed by atoms with E-state index in [9.17, 15) is 13.5 Å². The van der Waals surface area contributed by atoms with Gasteiger partial charge in [0.05, 0.1) is 24.6 Å². The van der Waals surface area contributed by atoms with Crippen LogP contribution in [0.2, 0.25) is 0 Å². The Morgan fingerprint density at radius 2 is 1.67 bits per heavy atom. The number of nitrogens with zero attached hydrogens (tertiary/aromatic N) is 2. The molecule has 0 unspecified atom stereocenters. The number of hydrogen-bond donors (Lipinski definition) is 1. The van der Waals surface area contributed by atoms with Gasteiger partial charge in [-0.25, -0.2) is 12.7 Å². The van der Waals surface area contributed by atoms with Gasteiger partial charge >= 0.3 is 0 Å². The van der Waals surface area contributed by atoms with Crippen LogP contribution in [-0.2, 0) is 20.5 Å². The molecule has 0 atom stereocenters. The molecule has 6 nitrogen and oxygen atoms in total. The van der Waals surface area contributed by atoms with Crippen LogP contribution >= 0.6 is 0 Å². The lowest BCUT2D eigenvalue weighted by molar-refractivity contribution is -0.0550. The highest BCUT2D eigenvalue weighted by molar-refractivity contribution is 7.88. The van der Waals surface area contributed by atoms with Gasteiger partial charge in [-0.05, 0) is 18.4 Å². The molecule has 2 aliphatic heterocycles. The first kappa shape index (κ1) is 17.8. The predicted molar refractivity (Wildman–Crippen MR) is 92.1 cm³/mol. The zero-order valence-corrected chi connectivity index (χ0v) is 14.7. The summed E-state index contributed by atoms with van der Waals surface area (Å²) in [5, 5.41) is 10.8. The number of aliphatic hydroxyl groups is 1. The summed E-state index contributed by atoms with van der Waals surface area (Å²) in [6, 6.07) is 9.24. The average Bonchev–Trinajstić information content (AvgIpc) is 2.56. The van der Waals surface area contributed by atoms with E-state index in [1.54, 1.807) is 0 Å². The SMILES string of the molecule is O=S(=O)(Cc1ccccc1)N1CCC(O)(CN2CCOCC2)CC1. The molecule has 0 spiro atoms. The third-order valence-electron chi connectivity index (χ3n) is 4.86. The Kier molecular flexibility index (Phi) is 5.56. The quantitative estimate of drug-likeness (QED) is 0.842. The first-order valence-electron chi connectivity index (χ1n) is 8.51. The third-order valence-corrected chi connectivity index (χ3v) is 6.71. The highest BCUT2D eigenvalue weighted by Gasteiger charge is 2.37. The van der Waals surface area contributed by atoms with Crippen LogP contribution in [0.15, 0.2) is 30.3 Å². The van der Waals surface area contributed by atoms with E-state index in [4.69, 9.17) is 4.74 Å². The summed E-state index contributed by atoms with van der Waals surface area (Å²) in [6.45, 7) is 4.44. The van der Waals surface area contributed by atoms with Crippen LogP contribution in [0, 0.1) is 0 Å². The van der Waals surface area contributed by atoms with Crippen LogP contribution in [0.3, 0.4) is 0 Å². The number of benzene rings is 1. The number of rotatable bonds is 5. The monoisotopic (exact) mass is 354 g/mol. The number of morpholine rings is 1. The van der Waals surface area contributed by atoms with Gasteiger partial charge in [0.25, 0.3) is 0 Å². The Labute approximate surface area is 144 Å². The van der Waals surface area contributed by atoms with E-state index in [0.29, 0.717) is 45.7 Å². The summed E-state index contributed by atoms with van der Waals surface area (Å²) in [4.78, 5) is 2.21. The van der Waals surface area contributed by atoms with E-state index in [1.165, 1.54) is 4.31 Å². The van der Waals surface area contributed by atoms with Crippen molar-refractivity contribution in [3.05, 3.63) is 35.9 Å². The molecule has 0 saturated carbocycles. The minimum absolute atomic E-state index is 0.0235. The second-order valence-corrected chi connectivity index (χ2v) is 8.72. The molecule has 1 N–H and O–H groups in total. The molecular formula is C17H26N2O4S. The third kappa shape index (κ3) is 4.55. The summed E-state index contributed by atoms with van der Waals surface area (Å²) in [5.41, 5.74) is 0.00230. The average molecular weight is 354 g/mol.